The molecule has 5 nitrogen and oxygen atoms in total. The summed E-state index contributed by atoms with van der Waals surface area (Å²) in [6.07, 6.45) is 0.555. The van der Waals surface area contributed by atoms with Gasteiger partial charge in [0.05, 0.1) is 6.07 Å². The van der Waals surface area contributed by atoms with Crippen LogP contribution in [-0.4, -0.2) is 34.6 Å². The van der Waals surface area contributed by atoms with E-state index in [0.717, 1.165) is 30.3 Å². The Bertz CT molecular complexity index is 368. The van der Waals surface area contributed by atoms with Crippen LogP contribution < -0.4 is 5.32 Å². The number of anilines is 1. The molecule has 1 heterocycles. The summed E-state index contributed by atoms with van der Waals surface area (Å²) in [5, 5.41) is 16.9. The van der Waals surface area contributed by atoms with Gasteiger partial charge in [-0.2, -0.15) is 5.26 Å². The molecular weight excluding hydrogens is 234 g/mol. The second-order valence-electron chi connectivity index (χ2n) is 4.34. The largest absolute Gasteiger partial charge is 0.377 e. The minimum atomic E-state index is 0.555. The van der Waals surface area contributed by atoms with E-state index in [1.165, 1.54) is 11.5 Å². The van der Waals surface area contributed by atoms with Gasteiger partial charge < -0.3 is 5.32 Å². The third-order valence-corrected chi connectivity index (χ3v) is 3.10. The Kier molecular flexibility index (Phi) is 5.87. The number of hydrogen-bond donors (Lipinski definition) is 1. The van der Waals surface area contributed by atoms with Crippen LogP contribution in [0, 0.1) is 17.2 Å². The van der Waals surface area contributed by atoms with Crippen molar-refractivity contribution in [1.29, 1.82) is 5.26 Å². The summed E-state index contributed by atoms with van der Waals surface area (Å²) >= 11 is 1.37. The zero-order valence-corrected chi connectivity index (χ0v) is 11.4. The van der Waals surface area contributed by atoms with Crippen molar-refractivity contribution in [2.75, 3.05) is 25.5 Å². The summed E-state index contributed by atoms with van der Waals surface area (Å²) in [4.78, 5) is 2.26. The van der Waals surface area contributed by atoms with Crippen LogP contribution in [0.4, 0.5) is 5.00 Å². The maximum absolute atomic E-state index is 8.66. The van der Waals surface area contributed by atoms with Crippen molar-refractivity contribution >= 4 is 16.5 Å². The molecule has 94 valence electrons. The van der Waals surface area contributed by atoms with Gasteiger partial charge in [0.2, 0.25) is 0 Å². The highest BCUT2D eigenvalue weighted by molar-refractivity contribution is 7.10. The number of hydrogen-bond acceptors (Lipinski definition) is 6. The zero-order valence-electron chi connectivity index (χ0n) is 10.6. The highest BCUT2D eigenvalue weighted by atomic mass is 32.1. The molecule has 0 saturated carbocycles. The van der Waals surface area contributed by atoms with Gasteiger partial charge >= 0.3 is 0 Å². The summed E-state index contributed by atoms with van der Waals surface area (Å²) in [5.41, 5.74) is 0.969. The molecule has 1 N–H and O–H groups in total. The zero-order chi connectivity index (χ0) is 12.7. The van der Waals surface area contributed by atoms with Crippen LogP contribution in [0.15, 0.2) is 0 Å². The van der Waals surface area contributed by atoms with Crippen molar-refractivity contribution in [3.05, 3.63) is 5.69 Å². The van der Waals surface area contributed by atoms with Gasteiger partial charge in [0.15, 0.2) is 0 Å². The summed E-state index contributed by atoms with van der Waals surface area (Å²) in [6.45, 7) is 6.87. The average Bonchev–Trinajstić information content (AvgIpc) is 2.72. The number of nitriles is 1. The van der Waals surface area contributed by atoms with E-state index in [1.54, 1.807) is 0 Å². The summed E-state index contributed by atoms with van der Waals surface area (Å²) in [5.74, 6) is 0.582. The lowest BCUT2D eigenvalue weighted by atomic mass is 10.2. The molecule has 0 unspecified atom stereocenters. The molecule has 0 aliphatic carbocycles. The maximum Gasteiger partial charge on any atom is 0.134 e. The second-order valence-corrected chi connectivity index (χ2v) is 5.09. The van der Waals surface area contributed by atoms with Gasteiger partial charge in [-0.15, -0.1) is 5.10 Å². The predicted molar refractivity (Wildman–Crippen MR) is 69.8 cm³/mol. The molecule has 0 saturated heterocycles. The third kappa shape index (κ3) is 4.67. The van der Waals surface area contributed by atoms with E-state index in [-0.39, 0.29) is 0 Å². The quantitative estimate of drug-likeness (QED) is 0.804. The van der Waals surface area contributed by atoms with Crippen LogP contribution in [-0.2, 0) is 6.54 Å². The SMILES string of the molecule is CNc1snnc1CN(CCC#N)CC(C)C. The molecular formula is C11H19N5S. The van der Waals surface area contributed by atoms with E-state index in [1.807, 2.05) is 7.05 Å². The lowest BCUT2D eigenvalue weighted by molar-refractivity contribution is 0.239. The van der Waals surface area contributed by atoms with Crippen LogP contribution in [0.2, 0.25) is 0 Å². The van der Waals surface area contributed by atoms with Crippen LogP contribution in [0.1, 0.15) is 26.0 Å². The average molecular weight is 253 g/mol. The molecule has 0 aromatic carbocycles. The minimum absolute atomic E-state index is 0.555. The Morgan fingerprint density at radius 1 is 1.53 bits per heavy atom. The molecule has 0 amide bonds. The first-order chi connectivity index (χ1) is 8.17. The predicted octanol–water partition coefficient (Wildman–Crippen LogP) is 1.95. The van der Waals surface area contributed by atoms with E-state index in [2.05, 4.69) is 39.7 Å². The topological polar surface area (TPSA) is 64.8 Å². The number of aromatic nitrogens is 2. The number of nitrogens with zero attached hydrogens (tertiary/aromatic N) is 4. The maximum atomic E-state index is 8.66. The summed E-state index contributed by atoms with van der Waals surface area (Å²) in [7, 11) is 1.88. The third-order valence-electron chi connectivity index (χ3n) is 2.32. The van der Waals surface area contributed by atoms with Gasteiger partial charge in [0, 0.05) is 44.6 Å². The first-order valence-corrected chi connectivity index (χ1v) is 6.53. The van der Waals surface area contributed by atoms with E-state index >= 15 is 0 Å². The molecule has 0 aliphatic rings. The molecule has 1 aromatic rings. The standard InChI is InChI=1S/C11H19N5S/c1-9(2)7-16(6-4-5-12)8-10-11(13-3)17-15-14-10/h9,13H,4,6-8H2,1-3H3. The lowest BCUT2D eigenvalue weighted by Gasteiger charge is -2.22. The van der Waals surface area contributed by atoms with Gasteiger partial charge in [0.25, 0.3) is 0 Å². The first-order valence-electron chi connectivity index (χ1n) is 5.75. The monoisotopic (exact) mass is 253 g/mol. The molecule has 0 bridgehead atoms. The molecule has 0 aliphatic heterocycles. The van der Waals surface area contributed by atoms with Crippen LogP contribution >= 0.6 is 11.5 Å². The fourth-order valence-electron chi connectivity index (χ4n) is 1.67. The van der Waals surface area contributed by atoms with Gasteiger partial charge in [-0.1, -0.05) is 18.3 Å². The molecule has 0 radical (unpaired) electrons. The number of nitrogens with one attached hydrogen (secondary N) is 1. The van der Waals surface area contributed by atoms with Crippen molar-refractivity contribution in [2.24, 2.45) is 5.92 Å². The molecule has 1 rings (SSSR count). The van der Waals surface area contributed by atoms with Crippen molar-refractivity contribution in [3.8, 4) is 6.07 Å². The second kappa shape index (κ2) is 7.20. The highest BCUT2D eigenvalue weighted by Crippen LogP contribution is 2.18. The van der Waals surface area contributed by atoms with Crippen molar-refractivity contribution in [1.82, 2.24) is 14.5 Å². The Morgan fingerprint density at radius 2 is 2.29 bits per heavy atom. The van der Waals surface area contributed by atoms with E-state index in [4.69, 9.17) is 5.26 Å². The van der Waals surface area contributed by atoms with Crippen molar-refractivity contribution in [3.63, 3.8) is 0 Å². The van der Waals surface area contributed by atoms with Crippen molar-refractivity contribution < 1.29 is 0 Å². The highest BCUT2D eigenvalue weighted by Gasteiger charge is 2.13. The summed E-state index contributed by atoms with van der Waals surface area (Å²) < 4.78 is 3.94. The van der Waals surface area contributed by atoms with Gasteiger partial charge in [-0.3, -0.25) is 4.90 Å². The smallest absolute Gasteiger partial charge is 0.134 e. The van der Waals surface area contributed by atoms with Gasteiger partial charge in [0.1, 0.15) is 10.7 Å². The van der Waals surface area contributed by atoms with E-state index in [9.17, 15) is 0 Å². The van der Waals surface area contributed by atoms with E-state index < -0.39 is 0 Å². The van der Waals surface area contributed by atoms with Crippen molar-refractivity contribution in [2.45, 2.75) is 26.8 Å². The van der Waals surface area contributed by atoms with Crippen LogP contribution in [0.5, 0.6) is 0 Å². The molecule has 0 fully saturated rings. The molecule has 0 spiro atoms. The fraction of sp³-hybridized carbons (Fsp3) is 0.727. The fourth-order valence-corrected chi connectivity index (χ4v) is 2.20. The van der Waals surface area contributed by atoms with Crippen LogP contribution in [0.3, 0.4) is 0 Å². The van der Waals surface area contributed by atoms with Gasteiger partial charge in [-0.25, -0.2) is 0 Å². The number of rotatable bonds is 7. The Balaban J connectivity index is 2.61. The Morgan fingerprint density at radius 3 is 2.88 bits per heavy atom. The first kappa shape index (κ1) is 13.9. The minimum Gasteiger partial charge on any atom is -0.377 e. The molecule has 1 aromatic heterocycles. The Labute approximate surface area is 107 Å². The van der Waals surface area contributed by atoms with E-state index in [0.29, 0.717) is 12.3 Å². The normalized spacial score (nSPS) is 10.8. The van der Waals surface area contributed by atoms with Crippen LogP contribution in [0.25, 0.3) is 0 Å². The molecule has 17 heavy (non-hydrogen) atoms. The Hall–Kier alpha value is -1.19. The molecule has 0 atom stereocenters. The molecule has 6 heteroatoms. The summed E-state index contributed by atoms with van der Waals surface area (Å²) in [6, 6.07) is 2.19. The van der Waals surface area contributed by atoms with Gasteiger partial charge in [-0.05, 0) is 5.92 Å². The lowest BCUT2D eigenvalue weighted by Crippen LogP contribution is -2.28.